The maximum Gasteiger partial charge on any atom is 0.228 e. The zero-order valence-corrected chi connectivity index (χ0v) is 13.2. The van der Waals surface area contributed by atoms with Crippen LogP contribution in [-0.4, -0.2) is 11.8 Å². The number of rotatable bonds is 4. The number of hydrogen-bond donors (Lipinski definition) is 2. The first kappa shape index (κ1) is 15.3. The summed E-state index contributed by atoms with van der Waals surface area (Å²) in [6.45, 7) is 1.46. The van der Waals surface area contributed by atoms with Gasteiger partial charge < -0.3 is 10.6 Å². The quantitative estimate of drug-likeness (QED) is 0.910. The van der Waals surface area contributed by atoms with Crippen LogP contribution in [0.1, 0.15) is 30.0 Å². The van der Waals surface area contributed by atoms with Crippen molar-refractivity contribution in [3.8, 4) is 0 Å². The molecule has 118 valence electrons. The largest absolute Gasteiger partial charge is 0.326 e. The molecule has 0 spiro atoms. The van der Waals surface area contributed by atoms with Crippen LogP contribution in [0, 0.1) is 0 Å². The van der Waals surface area contributed by atoms with Gasteiger partial charge in [-0.3, -0.25) is 9.59 Å². The van der Waals surface area contributed by atoms with Crippen LogP contribution in [0.2, 0.25) is 0 Å². The molecule has 2 N–H and O–H groups in total. The monoisotopic (exact) mass is 308 g/mol. The van der Waals surface area contributed by atoms with Crippen LogP contribution >= 0.6 is 0 Å². The highest BCUT2D eigenvalue weighted by atomic mass is 16.2. The van der Waals surface area contributed by atoms with E-state index in [0.717, 1.165) is 24.1 Å². The predicted octanol–water partition coefficient (Wildman–Crippen LogP) is 3.31. The van der Waals surface area contributed by atoms with E-state index >= 15 is 0 Å². The Hall–Kier alpha value is -2.62. The molecule has 0 aromatic heterocycles. The average molecular weight is 308 g/mol. The Labute approximate surface area is 135 Å². The Morgan fingerprint density at radius 1 is 0.913 bits per heavy atom. The molecule has 0 aliphatic heterocycles. The molecule has 2 aromatic rings. The molecule has 23 heavy (non-hydrogen) atoms. The molecule has 4 nitrogen and oxygen atoms in total. The molecule has 0 heterocycles. The van der Waals surface area contributed by atoms with Gasteiger partial charge in [-0.15, -0.1) is 0 Å². The van der Waals surface area contributed by atoms with Crippen LogP contribution in [0.4, 0.5) is 11.4 Å². The third-order valence-electron chi connectivity index (χ3n) is 4.02. The number of aryl methyl sites for hydroxylation is 2. The van der Waals surface area contributed by atoms with E-state index in [1.807, 2.05) is 6.07 Å². The van der Waals surface area contributed by atoms with E-state index < -0.39 is 0 Å². The highest BCUT2D eigenvalue weighted by Crippen LogP contribution is 2.23. The summed E-state index contributed by atoms with van der Waals surface area (Å²) in [4.78, 5) is 23.1. The van der Waals surface area contributed by atoms with E-state index in [4.69, 9.17) is 0 Å². The zero-order valence-electron chi connectivity index (χ0n) is 13.2. The second-order valence-electron chi connectivity index (χ2n) is 5.94. The fourth-order valence-electron chi connectivity index (χ4n) is 2.97. The summed E-state index contributed by atoms with van der Waals surface area (Å²) in [6.07, 6.45) is 3.87. The van der Waals surface area contributed by atoms with Crippen LogP contribution in [-0.2, 0) is 28.9 Å². The maximum atomic E-state index is 12.2. The predicted molar refractivity (Wildman–Crippen MR) is 91.5 cm³/mol. The van der Waals surface area contributed by atoms with Crippen molar-refractivity contribution < 1.29 is 9.59 Å². The standard InChI is InChI=1S/C19H20N2O2/c1-13(22)20-17-7-9-18(10-8-17)21-19(23)12-14-5-6-15-3-2-4-16(15)11-14/h5-11H,2-4,12H2,1H3,(H,20,22)(H,21,23). The lowest BCUT2D eigenvalue weighted by Gasteiger charge is -2.08. The maximum absolute atomic E-state index is 12.2. The number of nitrogens with one attached hydrogen (secondary N) is 2. The SMILES string of the molecule is CC(=O)Nc1ccc(NC(=O)Cc2ccc3c(c2)CCC3)cc1. The van der Waals surface area contributed by atoms with Crippen molar-refractivity contribution in [2.75, 3.05) is 10.6 Å². The Kier molecular flexibility index (Phi) is 4.42. The molecule has 1 aliphatic rings. The number of benzene rings is 2. The Morgan fingerprint density at radius 3 is 2.26 bits per heavy atom. The van der Waals surface area contributed by atoms with Crippen LogP contribution in [0.3, 0.4) is 0 Å². The van der Waals surface area contributed by atoms with Gasteiger partial charge in [0.1, 0.15) is 0 Å². The first-order valence-corrected chi connectivity index (χ1v) is 7.88. The van der Waals surface area contributed by atoms with Gasteiger partial charge in [-0.25, -0.2) is 0 Å². The minimum atomic E-state index is -0.113. The summed E-state index contributed by atoms with van der Waals surface area (Å²) in [6, 6.07) is 13.5. The van der Waals surface area contributed by atoms with Gasteiger partial charge in [-0.1, -0.05) is 18.2 Å². The molecular weight excluding hydrogens is 288 g/mol. The van der Waals surface area contributed by atoms with E-state index in [-0.39, 0.29) is 11.8 Å². The highest BCUT2D eigenvalue weighted by molar-refractivity contribution is 5.93. The van der Waals surface area contributed by atoms with Gasteiger partial charge in [0.05, 0.1) is 6.42 Å². The van der Waals surface area contributed by atoms with E-state index in [1.165, 1.54) is 24.5 Å². The molecule has 0 radical (unpaired) electrons. The lowest BCUT2D eigenvalue weighted by Crippen LogP contribution is -2.14. The molecular formula is C19H20N2O2. The lowest BCUT2D eigenvalue weighted by atomic mass is 10.0. The number of carbonyl (C=O) groups excluding carboxylic acids is 2. The summed E-state index contributed by atoms with van der Waals surface area (Å²) in [5.41, 5.74) is 5.30. The Bertz CT molecular complexity index is 736. The minimum absolute atomic E-state index is 0.0322. The minimum Gasteiger partial charge on any atom is -0.326 e. The summed E-state index contributed by atoms with van der Waals surface area (Å²) in [5, 5.41) is 5.58. The van der Waals surface area contributed by atoms with E-state index in [1.54, 1.807) is 24.3 Å². The number of anilines is 2. The van der Waals surface area contributed by atoms with Gasteiger partial charge in [0.2, 0.25) is 11.8 Å². The number of hydrogen-bond acceptors (Lipinski definition) is 2. The molecule has 0 saturated carbocycles. The highest BCUT2D eigenvalue weighted by Gasteiger charge is 2.12. The van der Waals surface area contributed by atoms with Crippen molar-refractivity contribution in [2.45, 2.75) is 32.6 Å². The molecule has 3 rings (SSSR count). The number of carbonyl (C=O) groups is 2. The van der Waals surface area contributed by atoms with Crippen molar-refractivity contribution in [1.82, 2.24) is 0 Å². The lowest BCUT2D eigenvalue weighted by molar-refractivity contribution is -0.116. The van der Waals surface area contributed by atoms with Gasteiger partial charge in [-0.2, -0.15) is 0 Å². The Balaban J connectivity index is 1.59. The summed E-state index contributed by atoms with van der Waals surface area (Å²) >= 11 is 0. The van der Waals surface area contributed by atoms with Crippen LogP contribution < -0.4 is 10.6 Å². The topological polar surface area (TPSA) is 58.2 Å². The van der Waals surface area contributed by atoms with Crippen molar-refractivity contribution in [2.24, 2.45) is 0 Å². The van der Waals surface area contributed by atoms with Gasteiger partial charge >= 0.3 is 0 Å². The van der Waals surface area contributed by atoms with Gasteiger partial charge in [-0.05, 0) is 60.2 Å². The fraction of sp³-hybridized carbons (Fsp3) is 0.263. The zero-order chi connectivity index (χ0) is 16.2. The van der Waals surface area contributed by atoms with Crippen molar-refractivity contribution in [1.29, 1.82) is 0 Å². The van der Waals surface area contributed by atoms with Crippen LogP contribution in [0.15, 0.2) is 42.5 Å². The van der Waals surface area contributed by atoms with E-state index in [9.17, 15) is 9.59 Å². The average Bonchev–Trinajstić information content (AvgIpc) is 2.96. The van der Waals surface area contributed by atoms with Gasteiger partial charge in [0.15, 0.2) is 0 Å². The second kappa shape index (κ2) is 6.65. The van der Waals surface area contributed by atoms with E-state index in [2.05, 4.69) is 22.8 Å². The fourth-order valence-corrected chi connectivity index (χ4v) is 2.97. The molecule has 2 amide bonds. The summed E-state index contributed by atoms with van der Waals surface area (Å²) in [7, 11) is 0. The van der Waals surface area contributed by atoms with Gasteiger partial charge in [0, 0.05) is 18.3 Å². The number of fused-ring (bicyclic) bond motifs is 1. The molecule has 0 saturated heterocycles. The molecule has 1 aliphatic carbocycles. The third kappa shape index (κ3) is 3.97. The second-order valence-corrected chi connectivity index (χ2v) is 5.94. The molecule has 0 bridgehead atoms. The van der Waals surface area contributed by atoms with Crippen LogP contribution in [0.25, 0.3) is 0 Å². The first-order chi connectivity index (χ1) is 11.1. The Morgan fingerprint density at radius 2 is 1.57 bits per heavy atom. The van der Waals surface area contributed by atoms with Crippen LogP contribution in [0.5, 0.6) is 0 Å². The molecule has 2 aromatic carbocycles. The van der Waals surface area contributed by atoms with E-state index in [0.29, 0.717) is 12.1 Å². The number of amides is 2. The van der Waals surface area contributed by atoms with Crippen molar-refractivity contribution in [3.63, 3.8) is 0 Å². The third-order valence-corrected chi connectivity index (χ3v) is 4.02. The molecule has 0 unspecified atom stereocenters. The summed E-state index contributed by atoms with van der Waals surface area (Å²) < 4.78 is 0. The van der Waals surface area contributed by atoms with Crippen molar-refractivity contribution >= 4 is 23.2 Å². The normalized spacial score (nSPS) is 12.6. The van der Waals surface area contributed by atoms with Gasteiger partial charge in [0.25, 0.3) is 0 Å². The first-order valence-electron chi connectivity index (χ1n) is 7.88. The smallest absolute Gasteiger partial charge is 0.228 e. The molecule has 0 fully saturated rings. The molecule has 4 heteroatoms. The summed E-state index contributed by atoms with van der Waals surface area (Å²) in [5.74, 6) is -0.145. The molecule has 0 atom stereocenters. The van der Waals surface area contributed by atoms with Crippen molar-refractivity contribution in [3.05, 3.63) is 59.2 Å².